The van der Waals surface area contributed by atoms with Gasteiger partial charge in [0.2, 0.25) is 0 Å². The summed E-state index contributed by atoms with van der Waals surface area (Å²) in [4.78, 5) is 6.09. The molecule has 4 heteroatoms. The maximum atomic E-state index is 12.9. The zero-order chi connectivity index (χ0) is 9.54. The summed E-state index contributed by atoms with van der Waals surface area (Å²) in [6.45, 7) is 3.15. The molecule has 0 radical (unpaired) electrons. The molecular weight excluding hydrogens is 181 g/mol. The highest BCUT2D eigenvalue weighted by Gasteiger charge is 2.42. The molecule has 1 aromatic rings. The number of fused-ring (bicyclic) bond motifs is 1. The van der Waals surface area contributed by atoms with Crippen LogP contribution in [0.1, 0.15) is 0 Å². The van der Waals surface area contributed by atoms with Crippen LogP contribution in [0, 0.1) is 11.7 Å². The lowest BCUT2D eigenvalue weighted by molar-refractivity contribution is 0.364. The van der Waals surface area contributed by atoms with Gasteiger partial charge in [-0.05, 0) is 0 Å². The average Bonchev–Trinajstić information content (AvgIpc) is 2.48. The Hall–Kier alpha value is -1.16. The Balaban J connectivity index is 1.83. The highest BCUT2D eigenvalue weighted by atomic mass is 19.1. The lowest BCUT2D eigenvalue weighted by atomic mass is 9.91. The molecule has 1 aromatic heterocycles. The van der Waals surface area contributed by atoms with Gasteiger partial charge in [-0.1, -0.05) is 0 Å². The van der Waals surface area contributed by atoms with E-state index in [9.17, 15) is 4.39 Å². The lowest BCUT2D eigenvalue weighted by Gasteiger charge is -2.45. The summed E-state index contributed by atoms with van der Waals surface area (Å²) in [5.41, 5.74) is 0.912. The molecule has 0 saturated carbocycles. The molecule has 0 aliphatic carbocycles. The third-order valence-corrected chi connectivity index (χ3v) is 3.16. The molecule has 0 amide bonds. The first-order chi connectivity index (χ1) is 6.84. The van der Waals surface area contributed by atoms with E-state index >= 15 is 0 Å². The quantitative estimate of drug-likeness (QED) is 0.709. The maximum Gasteiger partial charge on any atom is 0.143 e. The van der Waals surface area contributed by atoms with Crippen LogP contribution < -0.4 is 10.2 Å². The van der Waals surface area contributed by atoms with Gasteiger partial charge in [-0.15, -0.1) is 0 Å². The maximum absolute atomic E-state index is 12.9. The molecule has 74 valence electrons. The van der Waals surface area contributed by atoms with Crippen LogP contribution in [0.4, 0.5) is 10.1 Å². The van der Waals surface area contributed by atoms with E-state index in [1.54, 1.807) is 12.3 Å². The fraction of sp³-hybridized carbons (Fsp3) is 0.500. The van der Waals surface area contributed by atoms with Crippen LogP contribution in [-0.2, 0) is 0 Å². The summed E-state index contributed by atoms with van der Waals surface area (Å²) < 4.78 is 12.9. The van der Waals surface area contributed by atoms with Gasteiger partial charge in [-0.25, -0.2) is 4.39 Å². The summed E-state index contributed by atoms with van der Waals surface area (Å²) in [6, 6.07) is 2.11. The molecule has 14 heavy (non-hydrogen) atoms. The summed E-state index contributed by atoms with van der Waals surface area (Å²) in [5.74, 6) is 0.496. The van der Waals surface area contributed by atoms with Gasteiger partial charge >= 0.3 is 0 Å². The van der Waals surface area contributed by atoms with Gasteiger partial charge in [0.25, 0.3) is 0 Å². The highest BCUT2D eigenvalue weighted by Crippen LogP contribution is 2.32. The fourth-order valence-corrected chi connectivity index (χ4v) is 2.37. The standard InChI is InChI=1S/C10H12FN3/c11-8-1-9(4-13-3-8)14-6-7-2-12-5-10(7)14/h1,3-4,7,10,12H,2,5-6H2. The second-order valence-electron chi connectivity index (χ2n) is 4.00. The molecule has 0 bridgehead atoms. The van der Waals surface area contributed by atoms with Gasteiger partial charge in [0.15, 0.2) is 0 Å². The molecule has 1 N–H and O–H groups in total. The SMILES string of the molecule is Fc1cncc(N2CC3CNCC32)c1. The molecule has 2 fully saturated rings. The van der Waals surface area contributed by atoms with E-state index in [0.717, 1.165) is 31.2 Å². The lowest BCUT2D eigenvalue weighted by Crippen LogP contribution is -2.55. The molecule has 2 unspecified atom stereocenters. The Morgan fingerprint density at radius 1 is 1.43 bits per heavy atom. The van der Waals surface area contributed by atoms with E-state index in [2.05, 4.69) is 15.2 Å². The number of nitrogens with one attached hydrogen (secondary N) is 1. The number of nitrogens with zero attached hydrogens (tertiary/aromatic N) is 2. The first-order valence-corrected chi connectivity index (χ1v) is 4.92. The van der Waals surface area contributed by atoms with Gasteiger partial charge in [0.05, 0.1) is 18.1 Å². The second kappa shape index (κ2) is 2.92. The predicted molar refractivity (Wildman–Crippen MR) is 51.7 cm³/mol. The van der Waals surface area contributed by atoms with Crippen molar-refractivity contribution in [3.05, 3.63) is 24.3 Å². The molecular formula is C10H12FN3. The molecule has 0 aromatic carbocycles. The molecule has 0 spiro atoms. The number of pyridine rings is 1. The van der Waals surface area contributed by atoms with Crippen LogP contribution in [0.15, 0.2) is 18.5 Å². The van der Waals surface area contributed by atoms with Crippen LogP contribution in [0.5, 0.6) is 0 Å². The van der Waals surface area contributed by atoms with Gasteiger partial charge in [-0.3, -0.25) is 4.98 Å². The van der Waals surface area contributed by atoms with Crippen LogP contribution in [0.2, 0.25) is 0 Å². The van der Waals surface area contributed by atoms with Crippen molar-refractivity contribution in [1.82, 2.24) is 10.3 Å². The van der Waals surface area contributed by atoms with Crippen LogP contribution in [0.25, 0.3) is 0 Å². The van der Waals surface area contributed by atoms with Crippen molar-refractivity contribution in [3.63, 3.8) is 0 Å². The Morgan fingerprint density at radius 3 is 3.14 bits per heavy atom. The Morgan fingerprint density at radius 2 is 2.36 bits per heavy atom. The van der Waals surface area contributed by atoms with E-state index in [0.29, 0.717) is 6.04 Å². The van der Waals surface area contributed by atoms with Crippen LogP contribution in [0.3, 0.4) is 0 Å². The van der Waals surface area contributed by atoms with Crippen LogP contribution >= 0.6 is 0 Å². The number of halogens is 1. The number of hydrogen-bond donors (Lipinski definition) is 1. The minimum absolute atomic E-state index is 0.253. The number of anilines is 1. The largest absolute Gasteiger partial charge is 0.365 e. The predicted octanol–water partition coefficient (Wildman–Crippen LogP) is 0.629. The molecule has 3 nitrogen and oxygen atoms in total. The smallest absolute Gasteiger partial charge is 0.143 e. The number of rotatable bonds is 1. The minimum Gasteiger partial charge on any atom is -0.365 e. The van der Waals surface area contributed by atoms with E-state index < -0.39 is 0 Å². The zero-order valence-corrected chi connectivity index (χ0v) is 7.78. The van der Waals surface area contributed by atoms with Crippen molar-refractivity contribution in [1.29, 1.82) is 0 Å². The van der Waals surface area contributed by atoms with Crippen molar-refractivity contribution in [2.45, 2.75) is 6.04 Å². The number of aromatic nitrogens is 1. The first kappa shape index (κ1) is 8.17. The molecule has 3 rings (SSSR count). The van der Waals surface area contributed by atoms with Crippen molar-refractivity contribution < 1.29 is 4.39 Å². The van der Waals surface area contributed by atoms with E-state index in [-0.39, 0.29) is 5.82 Å². The summed E-state index contributed by atoms with van der Waals surface area (Å²) >= 11 is 0. The summed E-state index contributed by atoms with van der Waals surface area (Å²) in [7, 11) is 0. The van der Waals surface area contributed by atoms with Crippen molar-refractivity contribution >= 4 is 5.69 Å². The van der Waals surface area contributed by atoms with Gasteiger partial charge in [0, 0.05) is 37.7 Å². The zero-order valence-electron chi connectivity index (χ0n) is 7.78. The molecule has 2 aliphatic heterocycles. The van der Waals surface area contributed by atoms with Crippen molar-refractivity contribution in [2.24, 2.45) is 5.92 Å². The molecule has 3 heterocycles. The Kier molecular flexibility index (Phi) is 1.70. The number of hydrogen-bond acceptors (Lipinski definition) is 3. The second-order valence-corrected chi connectivity index (χ2v) is 4.00. The van der Waals surface area contributed by atoms with Gasteiger partial charge in [-0.2, -0.15) is 0 Å². The third-order valence-electron chi connectivity index (χ3n) is 3.16. The normalized spacial score (nSPS) is 29.9. The monoisotopic (exact) mass is 193 g/mol. The minimum atomic E-state index is -0.253. The topological polar surface area (TPSA) is 28.2 Å². The van der Waals surface area contributed by atoms with E-state index in [4.69, 9.17) is 0 Å². The summed E-state index contributed by atoms with van der Waals surface area (Å²) in [5, 5.41) is 3.34. The Labute approximate surface area is 81.9 Å². The van der Waals surface area contributed by atoms with E-state index in [1.165, 1.54) is 6.20 Å². The Bertz CT molecular complexity index is 355. The van der Waals surface area contributed by atoms with Gasteiger partial charge in [0.1, 0.15) is 5.82 Å². The molecule has 2 saturated heterocycles. The fourth-order valence-electron chi connectivity index (χ4n) is 2.37. The molecule has 2 aliphatic rings. The van der Waals surface area contributed by atoms with Crippen LogP contribution in [-0.4, -0.2) is 30.7 Å². The van der Waals surface area contributed by atoms with Gasteiger partial charge < -0.3 is 10.2 Å². The van der Waals surface area contributed by atoms with E-state index in [1.807, 2.05) is 0 Å². The molecule has 2 atom stereocenters. The highest BCUT2D eigenvalue weighted by molar-refractivity contribution is 5.49. The first-order valence-electron chi connectivity index (χ1n) is 4.92. The summed E-state index contributed by atoms with van der Waals surface area (Å²) in [6.07, 6.45) is 2.98. The third kappa shape index (κ3) is 1.10. The van der Waals surface area contributed by atoms with Crippen molar-refractivity contribution in [2.75, 3.05) is 24.5 Å². The average molecular weight is 193 g/mol. The van der Waals surface area contributed by atoms with Crippen molar-refractivity contribution in [3.8, 4) is 0 Å².